The second-order valence-electron chi connectivity index (χ2n) is 4.03. The van der Waals surface area contributed by atoms with Gasteiger partial charge in [0.2, 0.25) is 5.91 Å². The van der Waals surface area contributed by atoms with Crippen molar-refractivity contribution in [2.75, 3.05) is 13.1 Å². The summed E-state index contributed by atoms with van der Waals surface area (Å²) in [7, 11) is 0. The first-order valence-electron chi connectivity index (χ1n) is 5.08. The molecule has 0 saturated heterocycles. The topological polar surface area (TPSA) is 83.6 Å². The molecule has 0 aliphatic rings. The van der Waals surface area contributed by atoms with Crippen LogP contribution in [0.2, 0.25) is 0 Å². The van der Waals surface area contributed by atoms with Crippen molar-refractivity contribution in [3.8, 4) is 12.3 Å². The Balaban J connectivity index is 4.48. The highest BCUT2D eigenvalue weighted by Gasteiger charge is 2.22. The zero-order valence-corrected chi connectivity index (χ0v) is 9.64. The van der Waals surface area contributed by atoms with Gasteiger partial charge in [-0.15, -0.1) is 6.42 Å². The van der Waals surface area contributed by atoms with Gasteiger partial charge in [-0.2, -0.15) is 0 Å². The van der Waals surface area contributed by atoms with E-state index in [1.165, 1.54) is 0 Å². The molecule has 0 aromatic rings. The standard InChI is InChI=1S/C11H18N2O3/c1-4-5-13(7-10(14)15)11(16)9(12)6-8(2)3/h1,8-9H,5-7,12H2,2-3H3,(H,14,15)/t9-/m1/s1. The molecule has 0 aromatic carbocycles. The van der Waals surface area contributed by atoms with Gasteiger partial charge in [0.15, 0.2) is 0 Å². The average Bonchev–Trinajstić information content (AvgIpc) is 2.14. The highest BCUT2D eigenvalue weighted by atomic mass is 16.4. The second-order valence-corrected chi connectivity index (χ2v) is 4.03. The van der Waals surface area contributed by atoms with E-state index in [1.54, 1.807) is 0 Å². The maximum absolute atomic E-state index is 11.7. The van der Waals surface area contributed by atoms with Crippen LogP contribution in [-0.2, 0) is 9.59 Å². The fourth-order valence-corrected chi connectivity index (χ4v) is 1.33. The maximum atomic E-state index is 11.7. The molecule has 1 amide bonds. The maximum Gasteiger partial charge on any atom is 0.323 e. The number of aliphatic carboxylic acids is 1. The monoisotopic (exact) mass is 226 g/mol. The molecular formula is C11H18N2O3. The second kappa shape index (κ2) is 6.85. The van der Waals surface area contributed by atoms with E-state index < -0.39 is 24.5 Å². The Kier molecular flexibility index (Phi) is 6.19. The SMILES string of the molecule is C#CCN(CC(=O)O)C(=O)[C@H](N)CC(C)C. The van der Waals surface area contributed by atoms with Gasteiger partial charge in [-0.3, -0.25) is 9.59 Å². The molecule has 0 bridgehead atoms. The Bertz CT molecular complexity index is 294. The Morgan fingerprint density at radius 3 is 2.44 bits per heavy atom. The molecule has 3 N–H and O–H groups in total. The van der Waals surface area contributed by atoms with Gasteiger partial charge in [-0.1, -0.05) is 19.8 Å². The number of amides is 1. The van der Waals surface area contributed by atoms with Crippen molar-refractivity contribution in [2.45, 2.75) is 26.3 Å². The molecule has 0 rings (SSSR count). The quantitative estimate of drug-likeness (QED) is 0.620. The molecule has 0 unspecified atom stereocenters. The van der Waals surface area contributed by atoms with Crippen molar-refractivity contribution in [2.24, 2.45) is 11.7 Å². The molecule has 0 spiro atoms. The summed E-state index contributed by atoms with van der Waals surface area (Å²) in [6.07, 6.45) is 5.58. The van der Waals surface area contributed by atoms with E-state index in [9.17, 15) is 9.59 Å². The lowest BCUT2D eigenvalue weighted by molar-refractivity contribution is -0.144. The third-order valence-electron chi connectivity index (χ3n) is 1.96. The van der Waals surface area contributed by atoms with Crippen LogP contribution in [0, 0.1) is 18.3 Å². The van der Waals surface area contributed by atoms with Crippen molar-refractivity contribution < 1.29 is 14.7 Å². The molecular weight excluding hydrogens is 208 g/mol. The van der Waals surface area contributed by atoms with Crippen LogP contribution in [0.5, 0.6) is 0 Å². The molecule has 0 heterocycles. The molecule has 0 radical (unpaired) electrons. The third-order valence-corrected chi connectivity index (χ3v) is 1.96. The summed E-state index contributed by atoms with van der Waals surface area (Å²) in [6, 6.07) is -0.687. The van der Waals surface area contributed by atoms with Gasteiger partial charge in [0.25, 0.3) is 0 Å². The molecule has 0 aromatic heterocycles. The summed E-state index contributed by atoms with van der Waals surface area (Å²) < 4.78 is 0. The number of nitrogens with two attached hydrogens (primary N) is 1. The van der Waals surface area contributed by atoms with Crippen molar-refractivity contribution in [1.29, 1.82) is 0 Å². The van der Waals surface area contributed by atoms with Crippen LogP contribution >= 0.6 is 0 Å². The minimum absolute atomic E-state index is 0.0308. The predicted molar refractivity (Wildman–Crippen MR) is 60.5 cm³/mol. The molecule has 1 atom stereocenters. The number of nitrogens with zero attached hydrogens (tertiary/aromatic N) is 1. The van der Waals surface area contributed by atoms with Crippen LogP contribution < -0.4 is 5.73 Å². The smallest absolute Gasteiger partial charge is 0.323 e. The van der Waals surface area contributed by atoms with E-state index in [2.05, 4.69) is 5.92 Å². The van der Waals surface area contributed by atoms with Crippen molar-refractivity contribution in [1.82, 2.24) is 4.90 Å². The summed E-state index contributed by atoms with van der Waals surface area (Å²) in [4.78, 5) is 23.4. The number of terminal acetylenes is 1. The van der Waals surface area contributed by atoms with Crippen LogP contribution in [0.1, 0.15) is 20.3 Å². The molecule has 0 fully saturated rings. The van der Waals surface area contributed by atoms with Gasteiger partial charge >= 0.3 is 5.97 Å². The fraction of sp³-hybridized carbons (Fsp3) is 0.636. The fourth-order valence-electron chi connectivity index (χ4n) is 1.33. The van der Waals surface area contributed by atoms with Gasteiger partial charge in [0, 0.05) is 0 Å². The van der Waals surface area contributed by atoms with E-state index in [0.717, 1.165) is 4.90 Å². The molecule has 90 valence electrons. The van der Waals surface area contributed by atoms with Crippen molar-refractivity contribution >= 4 is 11.9 Å². The number of rotatable bonds is 6. The number of hydrogen-bond donors (Lipinski definition) is 2. The minimum atomic E-state index is -1.10. The minimum Gasteiger partial charge on any atom is -0.480 e. The first-order chi connectivity index (χ1) is 7.38. The first kappa shape index (κ1) is 14.5. The highest BCUT2D eigenvalue weighted by molar-refractivity contribution is 5.85. The molecule has 0 aliphatic carbocycles. The van der Waals surface area contributed by atoms with E-state index in [0.29, 0.717) is 6.42 Å². The van der Waals surface area contributed by atoms with E-state index >= 15 is 0 Å². The predicted octanol–water partition coefficient (Wildman–Crippen LogP) is -0.0938. The van der Waals surface area contributed by atoms with E-state index in [4.69, 9.17) is 17.3 Å². The normalized spacial score (nSPS) is 11.9. The zero-order valence-electron chi connectivity index (χ0n) is 9.64. The molecule has 0 aliphatic heterocycles. The average molecular weight is 226 g/mol. The molecule has 0 saturated carbocycles. The lowest BCUT2D eigenvalue weighted by Crippen LogP contribution is -2.46. The first-order valence-corrected chi connectivity index (χ1v) is 5.08. The number of carboxylic acids is 1. The van der Waals surface area contributed by atoms with Crippen molar-refractivity contribution in [3.63, 3.8) is 0 Å². The number of carbonyl (C=O) groups is 2. The zero-order chi connectivity index (χ0) is 12.7. The Hall–Kier alpha value is -1.54. The van der Waals surface area contributed by atoms with Gasteiger partial charge in [0.05, 0.1) is 12.6 Å². The molecule has 16 heavy (non-hydrogen) atoms. The highest BCUT2D eigenvalue weighted by Crippen LogP contribution is 2.05. The Morgan fingerprint density at radius 2 is 2.06 bits per heavy atom. The van der Waals surface area contributed by atoms with Crippen LogP contribution in [-0.4, -0.2) is 41.0 Å². The molecule has 5 nitrogen and oxygen atoms in total. The summed E-state index contributed by atoms with van der Waals surface area (Å²) in [5, 5.41) is 8.62. The number of hydrogen-bond acceptors (Lipinski definition) is 3. The lowest BCUT2D eigenvalue weighted by Gasteiger charge is -2.22. The summed E-state index contributed by atoms with van der Waals surface area (Å²) in [5.74, 6) is 1.02. The van der Waals surface area contributed by atoms with Gasteiger partial charge < -0.3 is 15.7 Å². The number of carbonyl (C=O) groups excluding carboxylic acids is 1. The third kappa shape index (κ3) is 5.37. The van der Waals surface area contributed by atoms with Gasteiger partial charge in [-0.05, 0) is 12.3 Å². The van der Waals surface area contributed by atoms with Crippen LogP contribution in [0.25, 0.3) is 0 Å². The van der Waals surface area contributed by atoms with Crippen LogP contribution in [0.3, 0.4) is 0 Å². The van der Waals surface area contributed by atoms with Gasteiger partial charge in [-0.25, -0.2) is 0 Å². The largest absolute Gasteiger partial charge is 0.480 e. The number of carboxylic acid groups (broad SMARTS) is 1. The van der Waals surface area contributed by atoms with E-state index in [1.807, 2.05) is 13.8 Å². The van der Waals surface area contributed by atoms with Gasteiger partial charge in [0.1, 0.15) is 6.54 Å². The Morgan fingerprint density at radius 1 is 1.50 bits per heavy atom. The van der Waals surface area contributed by atoms with Crippen LogP contribution in [0.4, 0.5) is 0 Å². The summed E-state index contributed by atoms with van der Waals surface area (Å²) in [5.41, 5.74) is 5.67. The lowest BCUT2D eigenvalue weighted by atomic mass is 10.0. The Labute approximate surface area is 95.6 Å². The summed E-state index contributed by atoms with van der Waals surface area (Å²) >= 11 is 0. The van der Waals surface area contributed by atoms with Crippen molar-refractivity contribution in [3.05, 3.63) is 0 Å². The summed E-state index contributed by atoms with van der Waals surface area (Å²) in [6.45, 7) is 3.44. The van der Waals surface area contributed by atoms with Crippen LogP contribution in [0.15, 0.2) is 0 Å². The van der Waals surface area contributed by atoms with E-state index in [-0.39, 0.29) is 12.5 Å². The molecule has 5 heteroatoms.